The van der Waals surface area contributed by atoms with Crippen molar-refractivity contribution < 1.29 is 33.1 Å². The first kappa shape index (κ1) is 22.3. The molecule has 2 heterocycles. The number of nitrogens with zero attached hydrogens (tertiary/aromatic N) is 2. The van der Waals surface area contributed by atoms with Crippen LogP contribution in [-0.2, 0) is 14.4 Å². The number of carbonyl (C=O) groups excluding carboxylic acids is 3. The molecule has 0 radical (unpaired) electrons. The summed E-state index contributed by atoms with van der Waals surface area (Å²) in [6, 6.07) is 0.934. The molecule has 1 aromatic rings. The smallest absolute Gasteiger partial charge is 0.303 e. The van der Waals surface area contributed by atoms with Gasteiger partial charge in [-0.3, -0.25) is 24.2 Å². The van der Waals surface area contributed by atoms with Crippen molar-refractivity contribution >= 4 is 29.8 Å². The van der Waals surface area contributed by atoms with Gasteiger partial charge in [0.05, 0.1) is 31.2 Å². The maximum absolute atomic E-state index is 13.3. The van der Waals surface area contributed by atoms with Crippen LogP contribution in [0.15, 0.2) is 18.3 Å². The van der Waals surface area contributed by atoms with E-state index in [0.717, 1.165) is 4.90 Å². The van der Waals surface area contributed by atoms with Crippen LogP contribution in [0.1, 0.15) is 53.3 Å². The van der Waals surface area contributed by atoms with E-state index in [1.165, 1.54) is 12.3 Å². The maximum atomic E-state index is 13.3. The van der Waals surface area contributed by atoms with Crippen LogP contribution in [0.25, 0.3) is 6.08 Å². The molecule has 1 aliphatic carbocycles. The summed E-state index contributed by atoms with van der Waals surface area (Å²) in [4.78, 5) is 52.6. The van der Waals surface area contributed by atoms with Gasteiger partial charge >= 0.3 is 5.97 Å². The minimum atomic E-state index is -2.90. The van der Waals surface area contributed by atoms with Crippen molar-refractivity contribution in [3.8, 4) is 0 Å². The van der Waals surface area contributed by atoms with E-state index in [1.54, 1.807) is 12.2 Å². The number of alkyl halides is 2. The SMILES string of the molecule is O=C(O)CCC(=O)NC1CC=Cc2c(C(=O)NCC(=O)N3CCC(F)(F)C3)ccnc21. The van der Waals surface area contributed by atoms with E-state index < -0.39 is 55.2 Å². The number of aliphatic carboxylic acids is 1. The summed E-state index contributed by atoms with van der Waals surface area (Å²) < 4.78 is 26.5. The van der Waals surface area contributed by atoms with Crippen LogP contribution >= 0.6 is 0 Å². The number of nitrogens with one attached hydrogen (secondary N) is 2. The molecule has 3 amide bonds. The average molecular weight is 436 g/mol. The number of fused-ring (bicyclic) bond motifs is 1. The summed E-state index contributed by atoms with van der Waals surface area (Å²) >= 11 is 0. The van der Waals surface area contributed by atoms with Crippen LogP contribution in [0.5, 0.6) is 0 Å². The fourth-order valence-electron chi connectivity index (χ4n) is 3.50. The number of hydrogen-bond acceptors (Lipinski definition) is 5. The van der Waals surface area contributed by atoms with Crippen molar-refractivity contribution in [2.75, 3.05) is 19.6 Å². The number of halogens is 2. The quantitative estimate of drug-likeness (QED) is 0.588. The molecule has 9 nitrogen and oxygen atoms in total. The zero-order valence-corrected chi connectivity index (χ0v) is 16.6. The number of pyridine rings is 1. The number of amides is 3. The molecule has 0 aromatic carbocycles. The Morgan fingerprint density at radius 2 is 2.03 bits per heavy atom. The summed E-state index contributed by atoms with van der Waals surface area (Å²) in [6.45, 7) is -1.12. The summed E-state index contributed by atoms with van der Waals surface area (Å²) in [5.74, 6) is -5.59. The lowest BCUT2D eigenvalue weighted by Gasteiger charge is -2.23. The maximum Gasteiger partial charge on any atom is 0.303 e. The Balaban J connectivity index is 1.64. The monoisotopic (exact) mass is 436 g/mol. The van der Waals surface area contributed by atoms with Gasteiger partial charge in [0.25, 0.3) is 11.8 Å². The predicted octanol–water partition coefficient (Wildman–Crippen LogP) is 1.12. The Hall–Kier alpha value is -3.37. The van der Waals surface area contributed by atoms with Gasteiger partial charge in [0.15, 0.2) is 0 Å². The predicted molar refractivity (Wildman–Crippen MR) is 104 cm³/mol. The topological polar surface area (TPSA) is 129 Å². The van der Waals surface area contributed by atoms with Crippen molar-refractivity contribution in [1.29, 1.82) is 0 Å². The highest BCUT2D eigenvalue weighted by Crippen LogP contribution is 2.29. The van der Waals surface area contributed by atoms with E-state index in [0.29, 0.717) is 17.7 Å². The Morgan fingerprint density at radius 3 is 2.71 bits per heavy atom. The van der Waals surface area contributed by atoms with Crippen LogP contribution < -0.4 is 10.6 Å². The summed E-state index contributed by atoms with van der Waals surface area (Å²) in [5.41, 5.74) is 1.14. The van der Waals surface area contributed by atoms with E-state index in [1.807, 2.05) is 0 Å². The lowest BCUT2D eigenvalue weighted by atomic mass is 9.93. The molecule has 166 valence electrons. The second-order valence-electron chi connectivity index (χ2n) is 7.41. The van der Waals surface area contributed by atoms with Crippen LogP contribution in [0.3, 0.4) is 0 Å². The van der Waals surface area contributed by atoms with Crippen molar-refractivity contribution in [1.82, 2.24) is 20.5 Å². The number of aromatic nitrogens is 1. The van der Waals surface area contributed by atoms with Gasteiger partial charge in [0.2, 0.25) is 11.8 Å². The Morgan fingerprint density at radius 1 is 1.26 bits per heavy atom. The Labute approximate surface area is 176 Å². The van der Waals surface area contributed by atoms with Gasteiger partial charge in [-0.25, -0.2) is 8.78 Å². The molecule has 3 rings (SSSR count). The van der Waals surface area contributed by atoms with Gasteiger partial charge in [-0.2, -0.15) is 0 Å². The minimum Gasteiger partial charge on any atom is -0.481 e. The molecule has 31 heavy (non-hydrogen) atoms. The third-order valence-electron chi connectivity index (χ3n) is 5.08. The molecule has 1 aliphatic heterocycles. The molecular formula is C20H22F2N4O5. The summed E-state index contributed by atoms with van der Waals surface area (Å²) in [5, 5.41) is 13.9. The molecule has 3 N–H and O–H groups in total. The standard InChI is InChI=1S/C20H22F2N4O5/c21-20(22)7-9-26(11-20)16(28)10-24-19(31)13-6-8-23-18-12(13)2-1-3-14(18)25-15(27)4-5-17(29)30/h1-2,6,8,14H,3-5,7,9-11H2,(H,24,31)(H,25,27)(H,29,30). The third-order valence-corrected chi connectivity index (χ3v) is 5.08. The van der Waals surface area contributed by atoms with E-state index in [9.17, 15) is 28.0 Å². The Bertz CT molecular complexity index is 934. The molecule has 1 saturated heterocycles. The number of hydrogen-bond donors (Lipinski definition) is 3. The highest BCUT2D eigenvalue weighted by Gasteiger charge is 2.40. The van der Waals surface area contributed by atoms with Crippen molar-refractivity contribution in [3.63, 3.8) is 0 Å². The van der Waals surface area contributed by atoms with Crippen LogP contribution in [0.2, 0.25) is 0 Å². The number of likely N-dealkylation sites (tertiary alicyclic amines) is 1. The van der Waals surface area contributed by atoms with Gasteiger partial charge in [-0.15, -0.1) is 0 Å². The molecular weight excluding hydrogens is 414 g/mol. The third kappa shape index (κ3) is 5.62. The minimum absolute atomic E-state index is 0.0572. The van der Waals surface area contributed by atoms with Crippen molar-refractivity contribution in [2.45, 2.75) is 37.6 Å². The van der Waals surface area contributed by atoms with Gasteiger partial charge in [-0.05, 0) is 12.5 Å². The fraction of sp³-hybridized carbons (Fsp3) is 0.450. The van der Waals surface area contributed by atoms with Crippen LogP contribution in [0, 0.1) is 0 Å². The first-order valence-corrected chi connectivity index (χ1v) is 9.77. The molecule has 1 atom stereocenters. The lowest BCUT2D eigenvalue weighted by molar-refractivity contribution is -0.139. The molecule has 0 saturated carbocycles. The summed E-state index contributed by atoms with van der Waals surface area (Å²) in [6.07, 6.45) is 4.38. The van der Waals surface area contributed by atoms with Crippen LogP contribution in [-0.4, -0.2) is 64.2 Å². The lowest BCUT2D eigenvalue weighted by Crippen LogP contribution is -2.40. The zero-order chi connectivity index (χ0) is 22.6. The molecule has 1 fully saturated rings. The van der Waals surface area contributed by atoms with Crippen molar-refractivity contribution in [2.24, 2.45) is 0 Å². The number of carbonyl (C=O) groups is 4. The Kier molecular flexibility index (Phi) is 6.62. The van der Waals surface area contributed by atoms with E-state index in [4.69, 9.17) is 5.11 Å². The highest BCUT2D eigenvalue weighted by atomic mass is 19.3. The molecule has 11 heteroatoms. The number of carboxylic acid groups (broad SMARTS) is 1. The molecule has 1 unspecified atom stereocenters. The highest BCUT2D eigenvalue weighted by molar-refractivity contribution is 6.00. The molecule has 1 aromatic heterocycles. The van der Waals surface area contributed by atoms with Crippen molar-refractivity contribution in [3.05, 3.63) is 35.2 Å². The first-order chi connectivity index (χ1) is 14.7. The largest absolute Gasteiger partial charge is 0.481 e. The van der Waals surface area contributed by atoms with E-state index >= 15 is 0 Å². The first-order valence-electron chi connectivity index (χ1n) is 9.77. The molecule has 0 spiro atoms. The van der Waals surface area contributed by atoms with Gasteiger partial charge in [0.1, 0.15) is 0 Å². The molecule has 2 aliphatic rings. The number of rotatable bonds is 7. The second-order valence-corrected chi connectivity index (χ2v) is 7.41. The van der Waals surface area contributed by atoms with Gasteiger partial charge < -0.3 is 20.6 Å². The summed E-state index contributed by atoms with van der Waals surface area (Å²) in [7, 11) is 0. The van der Waals surface area contributed by atoms with Gasteiger partial charge in [0, 0.05) is 36.7 Å². The normalized spacial score (nSPS) is 18.9. The zero-order valence-electron chi connectivity index (χ0n) is 16.6. The fourth-order valence-corrected chi connectivity index (χ4v) is 3.50. The average Bonchev–Trinajstić information content (AvgIpc) is 3.10. The number of carboxylic acids is 1. The molecule has 0 bridgehead atoms. The van der Waals surface area contributed by atoms with E-state index in [-0.39, 0.29) is 24.9 Å². The van der Waals surface area contributed by atoms with E-state index in [2.05, 4.69) is 15.6 Å². The van der Waals surface area contributed by atoms with Gasteiger partial charge in [-0.1, -0.05) is 12.2 Å². The van der Waals surface area contributed by atoms with Crippen LogP contribution in [0.4, 0.5) is 8.78 Å². The second kappa shape index (κ2) is 9.19.